The first-order valence-corrected chi connectivity index (χ1v) is 9.47. The molecule has 1 aliphatic heterocycles. The quantitative estimate of drug-likeness (QED) is 0.640. The summed E-state index contributed by atoms with van der Waals surface area (Å²) in [6.07, 6.45) is 0. The number of nitrogens with one attached hydrogen (secondary N) is 1. The molecule has 0 aliphatic carbocycles. The molecule has 1 aliphatic rings. The fourth-order valence-corrected chi connectivity index (χ4v) is 3.64. The summed E-state index contributed by atoms with van der Waals surface area (Å²) in [5.41, 5.74) is 1.86. The first-order chi connectivity index (χ1) is 14.0. The number of carbonyl (C=O) groups is 3. The molecule has 0 spiro atoms. The van der Waals surface area contributed by atoms with E-state index >= 15 is 0 Å². The minimum atomic E-state index is -0.564. The van der Waals surface area contributed by atoms with Crippen LogP contribution in [0.3, 0.4) is 0 Å². The van der Waals surface area contributed by atoms with Crippen molar-refractivity contribution >= 4 is 51.5 Å². The van der Waals surface area contributed by atoms with Crippen molar-refractivity contribution in [2.24, 2.45) is 0 Å². The van der Waals surface area contributed by atoms with Crippen molar-refractivity contribution in [3.05, 3.63) is 70.7 Å². The number of benzene rings is 3. The van der Waals surface area contributed by atoms with E-state index in [4.69, 9.17) is 16.3 Å². The van der Waals surface area contributed by atoms with E-state index in [0.29, 0.717) is 16.9 Å². The van der Waals surface area contributed by atoms with Gasteiger partial charge in [-0.3, -0.25) is 14.5 Å². The van der Waals surface area contributed by atoms with Crippen LogP contribution in [0.2, 0.25) is 5.02 Å². The lowest BCUT2D eigenvalue weighted by Gasteiger charge is -2.17. The topological polar surface area (TPSA) is 75.7 Å². The van der Waals surface area contributed by atoms with Gasteiger partial charge in [0.1, 0.15) is 6.54 Å². The lowest BCUT2D eigenvalue weighted by molar-refractivity contribution is -0.114. The lowest BCUT2D eigenvalue weighted by atomic mass is 10.1. The third-order valence-electron chi connectivity index (χ3n) is 4.70. The fourth-order valence-electron chi connectivity index (χ4n) is 3.45. The number of esters is 1. The molecule has 2 amide bonds. The number of nitrogens with zero attached hydrogens (tertiary/aromatic N) is 1. The summed E-state index contributed by atoms with van der Waals surface area (Å²) in [7, 11) is 0. The van der Waals surface area contributed by atoms with Crippen LogP contribution in [-0.2, 0) is 9.53 Å². The van der Waals surface area contributed by atoms with Gasteiger partial charge in [-0.15, -0.1) is 0 Å². The highest BCUT2D eigenvalue weighted by atomic mass is 35.5. The van der Waals surface area contributed by atoms with Gasteiger partial charge in [0.2, 0.25) is 5.91 Å². The molecule has 0 unspecified atom stereocenters. The van der Waals surface area contributed by atoms with Crippen molar-refractivity contribution in [2.75, 3.05) is 23.4 Å². The molecule has 0 saturated heterocycles. The molecule has 0 radical (unpaired) electrons. The number of carbonyl (C=O) groups excluding carboxylic acids is 3. The third-order valence-corrected chi connectivity index (χ3v) is 5.03. The predicted molar refractivity (Wildman–Crippen MR) is 112 cm³/mol. The lowest BCUT2D eigenvalue weighted by Crippen LogP contribution is -2.35. The van der Waals surface area contributed by atoms with Gasteiger partial charge in [0.25, 0.3) is 5.91 Å². The van der Waals surface area contributed by atoms with Gasteiger partial charge in [-0.2, -0.15) is 0 Å². The highest BCUT2D eigenvalue weighted by Crippen LogP contribution is 2.37. The Morgan fingerprint density at radius 1 is 1.10 bits per heavy atom. The Bertz CT molecular complexity index is 1150. The standard InChI is InChI=1S/C22H17ClN2O4/c1-2-29-22(28)16-11-14(9-10-17(16)23)24-19(26)12-25-18-8-4-6-13-5-3-7-15(20(13)18)21(25)27/h3-11H,2,12H2,1H3,(H,24,26). The third kappa shape index (κ3) is 3.43. The average Bonchev–Trinajstić information content (AvgIpc) is 2.97. The number of amides is 2. The first kappa shape index (κ1) is 19.0. The van der Waals surface area contributed by atoms with Gasteiger partial charge in [0.15, 0.2) is 0 Å². The summed E-state index contributed by atoms with van der Waals surface area (Å²) >= 11 is 6.05. The van der Waals surface area contributed by atoms with Crippen molar-refractivity contribution in [3.63, 3.8) is 0 Å². The Labute approximate surface area is 172 Å². The zero-order chi connectivity index (χ0) is 20.5. The van der Waals surface area contributed by atoms with E-state index in [-0.39, 0.29) is 35.6 Å². The van der Waals surface area contributed by atoms with Crippen LogP contribution >= 0.6 is 11.6 Å². The van der Waals surface area contributed by atoms with Gasteiger partial charge in [0.05, 0.1) is 22.9 Å². The first-order valence-electron chi connectivity index (χ1n) is 9.09. The predicted octanol–water partition coefficient (Wildman–Crippen LogP) is 4.27. The monoisotopic (exact) mass is 408 g/mol. The second-order valence-corrected chi connectivity index (χ2v) is 6.94. The van der Waals surface area contributed by atoms with E-state index in [1.807, 2.05) is 30.3 Å². The van der Waals surface area contributed by atoms with Crippen LogP contribution in [0.4, 0.5) is 11.4 Å². The van der Waals surface area contributed by atoms with Crippen molar-refractivity contribution in [1.82, 2.24) is 0 Å². The van der Waals surface area contributed by atoms with Gasteiger partial charge in [-0.05, 0) is 42.6 Å². The van der Waals surface area contributed by atoms with Gasteiger partial charge < -0.3 is 10.1 Å². The van der Waals surface area contributed by atoms with E-state index in [0.717, 1.165) is 10.8 Å². The maximum Gasteiger partial charge on any atom is 0.339 e. The molecule has 0 bridgehead atoms. The van der Waals surface area contributed by atoms with Gasteiger partial charge in [0, 0.05) is 16.6 Å². The summed E-state index contributed by atoms with van der Waals surface area (Å²) in [6.45, 7) is 1.77. The van der Waals surface area contributed by atoms with Gasteiger partial charge in [-0.25, -0.2) is 4.79 Å². The Kier molecular flexibility index (Phi) is 4.94. The SMILES string of the molecule is CCOC(=O)c1cc(NC(=O)CN2C(=O)c3cccc4cccc2c34)ccc1Cl. The summed E-state index contributed by atoms with van der Waals surface area (Å²) in [4.78, 5) is 38.9. The zero-order valence-corrected chi connectivity index (χ0v) is 16.3. The Morgan fingerprint density at radius 3 is 2.62 bits per heavy atom. The average molecular weight is 409 g/mol. The molecule has 3 aromatic carbocycles. The normalized spacial score (nSPS) is 12.3. The van der Waals surface area contributed by atoms with Crippen LogP contribution in [-0.4, -0.2) is 30.9 Å². The van der Waals surface area contributed by atoms with E-state index in [9.17, 15) is 14.4 Å². The number of rotatable bonds is 5. The van der Waals surface area contributed by atoms with Crippen molar-refractivity contribution in [2.45, 2.75) is 6.92 Å². The summed E-state index contributed by atoms with van der Waals surface area (Å²) in [6, 6.07) is 15.7. The maximum absolute atomic E-state index is 12.8. The molecule has 1 N–H and O–H groups in total. The van der Waals surface area contributed by atoms with Crippen LogP contribution in [0.25, 0.3) is 10.8 Å². The molecule has 1 heterocycles. The number of halogens is 1. The minimum Gasteiger partial charge on any atom is -0.462 e. The number of hydrogen-bond acceptors (Lipinski definition) is 4. The van der Waals surface area contributed by atoms with Crippen LogP contribution < -0.4 is 10.2 Å². The summed E-state index contributed by atoms with van der Waals surface area (Å²) in [5.74, 6) is -1.17. The largest absolute Gasteiger partial charge is 0.462 e. The van der Waals surface area contributed by atoms with Crippen molar-refractivity contribution in [3.8, 4) is 0 Å². The molecule has 146 valence electrons. The van der Waals surface area contributed by atoms with Crippen LogP contribution in [0.5, 0.6) is 0 Å². The second-order valence-electron chi connectivity index (χ2n) is 6.54. The molecule has 0 fully saturated rings. The molecule has 6 nitrogen and oxygen atoms in total. The highest BCUT2D eigenvalue weighted by molar-refractivity contribution is 6.33. The number of anilines is 2. The Hall–Kier alpha value is -3.38. The van der Waals surface area contributed by atoms with E-state index in [2.05, 4.69) is 5.32 Å². The molecular formula is C22H17ClN2O4. The van der Waals surface area contributed by atoms with Gasteiger partial charge in [-0.1, -0.05) is 35.9 Å². The molecule has 7 heteroatoms. The fraction of sp³-hybridized carbons (Fsp3) is 0.136. The smallest absolute Gasteiger partial charge is 0.339 e. The molecule has 3 aromatic rings. The summed E-state index contributed by atoms with van der Waals surface area (Å²) in [5, 5.41) is 4.75. The molecule has 0 saturated carbocycles. The number of hydrogen-bond donors (Lipinski definition) is 1. The zero-order valence-electron chi connectivity index (χ0n) is 15.6. The van der Waals surface area contributed by atoms with Crippen LogP contribution in [0.1, 0.15) is 27.6 Å². The number of ether oxygens (including phenoxy) is 1. The van der Waals surface area contributed by atoms with E-state index < -0.39 is 5.97 Å². The van der Waals surface area contributed by atoms with Crippen molar-refractivity contribution < 1.29 is 19.1 Å². The molecule has 29 heavy (non-hydrogen) atoms. The Balaban J connectivity index is 1.54. The van der Waals surface area contributed by atoms with E-state index in [1.165, 1.54) is 17.0 Å². The highest BCUT2D eigenvalue weighted by Gasteiger charge is 2.30. The van der Waals surface area contributed by atoms with Crippen LogP contribution in [0, 0.1) is 0 Å². The van der Waals surface area contributed by atoms with Crippen LogP contribution in [0.15, 0.2) is 54.6 Å². The van der Waals surface area contributed by atoms with E-state index in [1.54, 1.807) is 19.1 Å². The molecule has 0 aromatic heterocycles. The van der Waals surface area contributed by atoms with Crippen molar-refractivity contribution in [1.29, 1.82) is 0 Å². The molecular weight excluding hydrogens is 392 g/mol. The maximum atomic E-state index is 12.8. The molecule has 0 atom stereocenters. The van der Waals surface area contributed by atoms with Gasteiger partial charge >= 0.3 is 5.97 Å². The second kappa shape index (κ2) is 7.56. The minimum absolute atomic E-state index is 0.149. The summed E-state index contributed by atoms with van der Waals surface area (Å²) < 4.78 is 4.97. The molecule has 4 rings (SSSR count). The Morgan fingerprint density at radius 2 is 1.86 bits per heavy atom.